The molecule has 5 heteroatoms. The molecule has 1 aliphatic carbocycles. The zero-order valence-electron chi connectivity index (χ0n) is 14.0. The van der Waals surface area contributed by atoms with Crippen LogP contribution in [0.15, 0.2) is 29.2 Å². The molecule has 0 aliphatic heterocycles. The summed E-state index contributed by atoms with van der Waals surface area (Å²) < 4.78 is 24.1. The fraction of sp³-hybridized carbons (Fsp3) is 0.611. The van der Waals surface area contributed by atoms with Crippen LogP contribution in [0.5, 0.6) is 0 Å². The van der Waals surface area contributed by atoms with Crippen LogP contribution in [0.1, 0.15) is 51.5 Å². The fourth-order valence-corrected chi connectivity index (χ4v) is 4.02. The quantitative estimate of drug-likeness (QED) is 0.867. The Hall–Kier alpha value is -1.36. The lowest BCUT2D eigenvalue weighted by molar-refractivity contribution is -0.125. The molecule has 0 heterocycles. The van der Waals surface area contributed by atoms with E-state index in [4.69, 9.17) is 0 Å². The van der Waals surface area contributed by atoms with Gasteiger partial charge in [0, 0.05) is 12.5 Å². The Kier molecular flexibility index (Phi) is 6.22. The Labute approximate surface area is 139 Å². The minimum Gasteiger partial charge on any atom is -0.356 e. The molecule has 0 aromatic heterocycles. The first kappa shape index (κ1) is 18.0. The van der Waals surface area contributed by atoms with E-state index in [1.165, 1.54) is 6.42 Å². The molecule has 23 heavy (non-hydrogen) atoms. The molecule has 0 saturated heterocycles. The summed E-state index contributed by atoms with van der Waals surface area (Å²) in [4.78, 5) is 12.4. The van der Waals surface area contributed by atoms with Gasteiger partial charge in [0.2, 0.25) is 5.91 Å². The predicted octanol–water partition coefficient (Wildman–Crippen LogP) is 3.11. The van der Waals surface area contributed by atoms with Crippen molar-refractivity contribution in [1.82, 2.24) is 5.32 Å². The van der Waals surface area contributed by atoms with Crippen molar-refractivity contribution in [2.45, 2.75) is 62.5 Å². The Morgan fingerprint density at radius 2 is 1.74 bits per heavy atom. The van der Waals surface area contributed by atoms with Crippen LogP contribution in [0.2, 0.25) is 0 Å². The van der Waals surface area contributed by atoms with Crippen LogP contribution in [0, 0.1) is 5.92 Å². The molecule has 1 saturated carbocycles. The van der Waals surface area contributed by atoms with Crippen LogP contribution in [-0.4, -0.2) is 26.1 Å². The lowest BCUT2D eigenvalue weighted by Crippen LogP contribution is -2.33. The summed E-state index contributed by atoms with van der Waals surface area (Å²) in [5.41, 5.74) is 1.04. The van der Waals surface area contributed by atoms with E-state index in [-0.39, 0.29) is 11.8 Å². The Morgan fingerprint density at radius 1 is 1.13 bits per heavy atom. The predicted molar refractivity (Wildman–Crippen MR) is 92.1 cm³/mol. The van der Waals surface area contributed by atoms with Crippen LogP contribution >= 0.6 is 0 Å². The highest BCUT2D eigenvalue weighted by Crippen LogP contribution is 2.23. The van der Waals surface area contributed by atoms with Crippen molar-refractivity contribution in [2.75, 3.05) is 6.54 Å². The highest BCUT2D eigenvalue weighted by Gasteiger charge is 2.21. The number of carbonyl (C=O) groups is 1. The van der Waals surface area contributed by atoms with Crippen molar-refractivity contribution in [3.63, 3.8) is 0 Å². The number of hydrogen-bond donors (Lipinski definition) is 1. The van der Waals surface area contributed by atoms with Gasteiger partial charge in [0.25, 0.3) is 0 Å². The van der Waals surface area contributed by atoms with E-state index in [1.807, 2.05) is 12.1 Å². The van der Waals surface area contributed by atoms with E-state index in [0.29, 0.717) is 11.4 Å². The molecule has 128 valence electrons. The molecule has 0 spiro atoms. The van der Waals surface area contributed by atoms with Crippen molar-refractivity contribution in [1.29, 1.82) is 0 Å². The average molecular weight is 337 g/mol. The molecule has 1 amide bonds. The van der Waals surface area contributed by atoms with Gasteiger partial charge in [0.05, 0.1) is 10.1 Å². The molecule has 1 aromatic rings. The number of benzene rings is 1. The molecule has 4 nitrogen and oxygen atoms in total. The van der Waals surface area contributed by atoms with E-state index in [1.54, 1.807) is 26.0 Å². The summed E-state index contributed by atoms with van der Waals surface area (Å²) in [5, 5.41) is 2.59. The van der Waals surface area contributed by atoms with Gasteiger partial charge in [-0.2, -0.15) is 0 Å². The SMILES string of the molecule is CC(C)S(=O)(=O)c1ccc(CCNC(=O)C2CCCCC2)cc1. The number of nitrogens with one attached hydrogen (secondary N) is 1. The first-order valence-electron chi connectivity index (χ1n) is 8.52. The molecule has 2 rings (SSSR count). The zero-order valence-corrected chi connectivity index (χ0v) is 14.9. The number of sulfone groups is 1. The smallest absolute Gasteiger partial charge is 0.223 e. The van der Waals surface area contributed by atoms with Gasteiger partial charge in [0.15, 0.2) is 9.84 Å². The monoisotopic (exact) mass is 337 g/mol. The third-order valence-corrected chi connectivity index (χ3v) is 6.73. The summed E-state index contributed by atoms with van der Waals surface area (Å²) in [6.45, 7) is 3.97. The maximum atomic E-state index is 12.1. The third-order valence-electron chi connectivity index (χ3n) is 4.56. The number of amides is 1. The second-order valence-corrected chi connectivity index (χ2v) is 9.12. The zero-order chi connectivity index (χ0) is 16.9. The lowest BCUT2D eigenvalue weighted by atomic mass is 9.88. The second kappa shape index (κ2) is 7.95. The first-order valence-corrected chi connectivity index (χ1v) is 10.1. The summed E-state index contributed by atoms with van der Waals surface area (Å²) >= 11 is 0. The van der Waals surface area contributed by atoms with Gasteiger partial charge < -0.3 is 5.32 Å². The fourth-order valence-electron chi connectivity index (χ4n) is 2.96. The lowest BCUT2D eigenvalue weighted by Gasteiger charge is -2.20. The molecule has 1 fully saturated rings. The van der Waals surface area contributed by atoms with Crippen molar-refractivity contribution in [3.8, 4) is 0 Å². The molecule has 1 N–H and O–H groups in total. The van der Waals surface area contributed by atoms with Crippen molar-refractivity contribution >= 4 is 15.7 Å². The minimum atomic E-state index is -3.21. The standard InChI is InChI=1S/C18H27NO3S/c1-14(2)23(21,22)17-10-8-15(9-11-17)12-13-19-18(20)16-6-4-3-5-7-16/h8-11,14,16H,3-7,12-13H2,1-2H3,(H,19,20). The minimum absolute atomic E-state index is 0.170. The number of hydrogen-bond acceptors (Lipinski definition) is 3. The molecular weight excluding hydrogens is 310 g/mol. The van der Waals surface area contributed by atoms with Crippen molar-refractivity contribution in [3.05, 3.63) is 29.8 Å². The number of rotatable bonds is 6. The van der Waals surface area contributed by atoms with Crippen LogP contribution < -0.4 is 5.32 Å². The van der Waals surface area contributed by atoms with Crippen molar-refractivity contribution in [2.24, 2.45) is 5.92 Å². The van der Waals surface area contributed by atoms with Gasteiger partial charge >= 0.3 is 0 Å². The van der Waals surface area contributed by atoms with Gasteiger partial charge in [-0.1, -0.05) is 31.4 Å². The van der Waals surface area contributed by atoms with Gasteiger partial charge in [-0.25, -0.2) is 8.42 Å². The summed E-state index contributed by atoms with van der Waals surface area (Å²) in [6, 6.07) is 6.99. The van der Waals surface area contributed by atoms with E-state index in [0.717, 1.165) is 37.7 Å². The van der Waals surface area contributed by atoms with E-state index in [2.05, 4.69) is 5.32 Å². The van der Waals surface area contributed by atoms with E-state index >= 15 is 0 Å². The Morgan fingerprint density at radius 3 is 2.30 bits per heavy atom. The van der Waals surface area contributed by atoms with Gasteiger partial charge in [-0.3, -0.25) is 4.79 Å². The molecule has 0 atom stereocenters. The highest BCUT2D eigenvalue weighted by molar-refractivity contribution is 7.92. The molecule has 1 aliphatic rings. The van der Waals surface area contributed by atoms with Crippen LogP contribution in [-0.2, 0) is 21.1 Å². The molecule has 0 bridgehead atoms. The average Bonchev–Trinajstić information content (AvgIpc) is 2.56. The van der Waals surface area contributed by atoms with Gasteiger partial charge in [-0.15, -0.1) is 0 Å². The van der Waals surface area contributed by atoms with E-state index in [9.17, 15) is 13.2 Å². The molecule has 1 aromatic carbocycles. The van der Waals surface area contributed by atoms with Crippen LogP contribution in [0.25, 0.3) is 0 Å². The van der Waals surface area contributed by atoms with Crippen LogP contribution in [0.4, 0.5) is 0 Å². The van der Waals surface area contributed by atoms with Gasteiger partial charge in [-0.05, 0) is 50.8 Å². The van der Waals surface area contributed by atoms with Gasteiger partial charge in [0.1, 0.15) is 0 Å². The van der Waals surface area contributed by atoms with E-state index < -0.39 is 15.1 Å². The summed E-state index contributed by atoms with van der Waals surface area (Å²) in [7, 11) is -3.21. The normalized spacial score (nSPS) is 16.5. The summed E-state index contributed by atoms with van der Waals surface area (Å²) in [6.07, 6.45) is 6.30. The van der Waals surface area contributed by atoms with Crippen LogP contribution in [0.3, 0.4) is 0 Å². The molecule has 0 radical (unpaired) electrons. The summed E-state index contributed by atoms with van der Waals surface area (Å²) in [5.74, 6) is 0.353. The maximum absolute atomic E-state index is 12.1. The topological polar surface area (TPSA) is 63.2 Å². The Balaban J connectivity index is 1.83. The maximum Gasteiger partial charge on any atom is 0.223 e. The third kappa shape index (κ3) is 4.80. The highest BCUT2D eigenvalue weighted by atomic mass is 32.2. The second-order valence-electron chi connectivity index (χ2n) is 6.61. The molecular formula is C18H27NO3S. The number of carbonyl (C=O) groups excluding carboxylic acids is 1. The largest absolute Gasteiger partial charge is 0.356 e. The van der Waals surface area contributed by atoms with Crippen molar-refractivity contribution < 1.29 is 13.2 Å². The first-order chi connectivity index (χ1) is 10.9. The Bertz CT molecular complexity index is 614. The molecule has 0 unspecified atom stereocenters.